The van der Waals surface area contributed by atoms with Gasteiger partial charge in [0, 0.05) is 19.1 Å². The fourth-order valence-corrected chi connectivity index (χ4v) is 5.74. The Labute approximate surface area is 194 Å². The van der Waals surface area contributed by atoms with Crippen molar-refractivity contribution >= 4 is 17.9 Å². The minimum absolute atomic E-state index is 0.0566. The number of amides is 1. The number of nitrogens with one attached hydrogen (secondary N) is 2. The first kappa shape index (κ1) is 26.7. The average molecular weight is 469 g/mol. The molecule has 32 heavy (non-hydrogen) atoms. The van der Waals surface area contributed by atoms with Crippen LogP contribution in [-0.2, 0) is 14.9 Å². The number of carbonyl (C=O) groups excluding carboxylic acids is 1. The lowest BCUT2D eigenvalue weighted by molar-refractivity contribution is -0.129. The molecule has 1 aliphatic heterocycles. The van der Waals surface area contributed by atoms with Crippen molar-refractivity contribution in [2.24, 2.45) is 28.7 Å². The van der Waals surface area contributed by atoms with Crippen LogP contribution in [-0.4, -0.2) is 43.4 Å². The maximum atomic E-state index is 14.7. The standard InChI is InChI=1S/C23H37FN4O3S/c1-6-17(24)12-23(4,16-10-8-7-9-11-16)14(2)19(20(25)27-30)21(29)26-22-18(13-31-5)15(3)28-32-22/h7-11,14-15,17-20,22,28H,6,12-13,25H2,1-5H3,(H,26,29). The SMILES string of the molecule is CCC(F)CC(C)(c1ccccc1)C(C)C(C(=O)NC1SNC(C)C1COC)C(N)N=O. The van der Waals surface area contributed by atoms with E-state index >= 15 is 0 Å². The van der Waals surface area contributed by atoms with E-state index in [1.165, 1.54) is 11.9 Å². The van der Waals surface area contributed by atoms with Gasteiger partial charge in [0.1, 0.15) is 6.17 Å². The quantitative estimate of drug-likeness (QED) is 0.319. The second-order valence-electron chi connectivity index (χ2n) is 8.98. The maximum absolute atomic E-state index is 14.7. The molecule has 1 heterocycles. The van der Waals surface area contributed by atoms with Crippen LogP contribution in [0.1, 0.15) is 46.1 Å². The van der Waals surface area contributed by atoms with Crippen molar-refractivity contribution < 1.29 is 13.9 Å². The second-order valence-corrected chi connectivity index (χ2v) is 9.96. The van der Waals surface area contributed by atoms with Crippen molar-refractivity contribution in [2.75, 3.05) is 13.7 Å². The number of halogens is 1. The maximum Gasteiger partial charge on any atom is 0.227 e. The lowest BCUT2D eigenvalue weighted by Crippen LogP contribution is -2.52. The number of carbonyl (C=O) groups is 1. The number of ether oxygens (including phenoxy) is 1. The molecule has 1 amide bonds. The van der Waals surface area contributed by atoms with Gasteiger partial charge < -0.3 is 15.8 Å². The number of hydrogen-bond acceptors (Lipinski definition) is 7. The smallest absolute Gasteiger partial charge is 0.227 e. The number of methoxy groups -OCH3 is 1. The fourth-order valence-electron chi connectivity index (χ4n) is 4.54. The number of hydrogen-bond donors (Lipinski definition) is 3. The third-order valence-electron chi connectivity index (χ3n) is 6.91. The molecule has 8 unspecified atom stereocenters. The fraction of sp³-hybridized carbons (Fsp3) is 0.696. The van der Waals surface area contributed by atoms with Gasteiger partial charge in [-0.15, -0.1) is 4.91 Å². The van der Waals surface area contributed by atoms with Gasteiger partial charge in [-0.25, -0.2) is 4.39 Å². The highest BCUT2D eigenvalue weighted by molar-refractivity contribution is 7.98. The first-order valence-corrected chi connectivity index (χ1v) is 12.1. The highest BCUT2D eigenvalue weighted by Gasteiger charge is 2.46. The van der Waals surface area contributed by atoms with E-state index in [0.717, 1.165) is 5.56 Å². The molecule has 4 N–H and O–H groups in total. The molecule has 9 heteroatoms. The predicted molar refractivity (Wildman–Crippen MR) is 128 cm³/mol. The van der Waals surface area contributed by atoms with E-state index in [1.807, 2.05) is 51.1 Å². The van der Waals surface area contributed by atoms with E-state index in [-0.39, 0.29) is 29.7 Å². The lowest BCUT2D eigenvalue weighted by atomic mass is 9.64. The predicted octanol–water partition coefficient (Wildman–Crippen LogP) is 3.73. The Hall–Kier alpha value is -1.55. The Morgan fingerprint density at radius 3 is 2.62 bits per heavy atom. The van der Waals surface area contributed by atoms with Crippen LogP contribution in [0.4, 0.5) is 4.39 Å². The van der Waals surface area contributed by atoms with E-state index in [9.17, 15) is 14.1 Å². The lowest BCUT2D eigenvalue weighted by Gasteiger charge is -2.42. The number of benzene rings is 1. The zero-order valence-electron chi connectivity index (χ0n) is 19.6. The van der Waals surface area contributed by atoms with Crippen LogP contribution in [0, 0.1) is 22.7 Å². The van der Waals surface area contributed by atoms with Crippen molar-refractivity contribution in [3.05, 3.63) is 40.8 Å². The van der Waals surface area contributed by atoms with Crippen molar-refractivity contribution in [1.82, 2.24) is 10.0 Å². The van der Waals surface area contributed by atoms with Gasteiger partial charge in [0.2, 0.25) is 5.91 Å². The summed E-state index contributed by atoms with van der Waals surface area (Å²) in [5, 5.41) is 5.81. The number of nitroso groups, excluding NO2 is 1. The Balaban J connectivity index is 2.36. The van der Waals surface area contributed by atoms with Crippen molar-refractivity contribution in [1.29, 1.82) is 0 Å². The van der Waals surface area contributed by atoms with Crippen molar-refractivity contribution in [3.8, 4) is 0 Å². The Morgan fingerprint density at radius 2 is 2.06 bits per heavy atom. The van der Waals surface area contributed by atoms with Crippen LogP contribution in [0.3, 0.4) is 0 Å². The Bertz CT molecular complexity index is 743. The molecule has 0 bridgehead atoms. The molecule has 0 aromatic heterocycles. The van der Waals surface area contributed by atoms with Crippen LogP contribution in [0.15, 0.2) is 35.5 Å². The molecule has 0 saturated carbocycles. The van der Waals surface area contributed by atoms with Gasteiger partial charge in [-0.05, 0) is 36.7 Å². The summed E-state index contributed by atoms with van der Waals surface area (Å²) in [5.74, 6) is -1.66. The summed E-state index contributed by atoms with van der Waals surface area (Å²) in [6, 6.07) is 9.69. The molecule has 1 fully saturated rings. The highest BCUT2D eigenvalue weighted by atomic mass is 32.2. The third kappa shape index (κ3) is 6.07. The molecule has 1 saturated heterocycles. The summed E-state index contributed by atoms with van der Waals surface area (Å²) in [4.78, 5) is 25.0. The van der Waals surface area contributed by atoms with Gasteiger partial charge in [-0.2, -0.15) is 0 Å². The molecule has 1 aliphatic rings. The Kier molecular flexibility index (Phi) is 10.1. The minimum Gasteiger partial charge on any atom is -0.384 e. The van der Waals surface area contributed by atoms with E-state index in [1.54, 1.807) is 14.0 Å². The van der Waals surface area contributed by atoms with Gasteiger partial charge in [0.05, 0.1) is 17.9 Å². The van der Waals surface area contributed by atoms with Crippen molar-refractivity contribution in [2.45, 2.75) is 69.7 Å². The summed E-state index contributed by atoms with van der Waals surface area (Å²) < 4.78 is 23.3. The van der Waals surface area contributed by atoms with Crippen LogP contribution < -0.4 is 15.8 Å². The van der Waals surface area contributed by atoms with Gasteiger partial charge >= 0.3 is 0 Å². The number of rotatable bonds is 12. The van der Waals surface area contributed by atoms with E-state index in [0.29, 0.717) is 13.0 Å². The molecule has 0 aliphatic carbocycles. The first-order valence-electron chi connectivity index (χ1n) is 11.2. The minimum atomic E-state index is -1.25. The van der Waals surface area contributed by atoms with Crippen molar-refractivity contribution in [3.63, 3.8) is 0 Å². The number of nitrogens with two attached hydrogens (primary N) is 1. The Morgan fingerprint density at radius 1 is 1.41 bits per heavy atom. The summed E-state index contributed by atoms with van der Waals surface area (Å²) in [6.45, 7) is 8.10. The van der Waals surface area contributed by atoms with Crippen LogP contribution >= 0.6 is 11.9 Å². The molecule has 180 valence electrons. The van der Waals surface area contributed by atoms with E-state index < -0.39 is 29.6 Å². The second kappa shape index (κ2) is 12.1. The molecule has 1 aromatic carbocycles. The topological polar surface area (TPSA) is 106 Å². The highest BCUT2D eigenvalue weighted by Crippen LogP contribution is 2.42. The zero-order chi connectivity index (χ0) is 23.9. The summed E-state index contributed by atoms with van der Waals surface area (Å²) >= 11 is 1.42. The monoisotopic (exact) mass is 468 g/mol. The van der Waals surface area contributed by atoms with E-state index in [4.69, 9.17) is 10.5 Å². The molecule has 0 spiro atoms. The van der Waals surface area contributed by atoms with Crippen LogP contribution in [0.5, 0.6) is 0 Å². The van der Waals surface area contributed by atoms with Gasteiger partial charge in [-0.1, -0.05) is 68.2 Å². The van der Waals surface area contributed by atoms with Gasteiger partial charge in [0.15, 0.2) is 6.17 Å². The first-order chi connectivity index (χ1) is 15.2. The van der Waals surface area contributed by atoms with Gasteiger partial charge in [0.25, 0.3) is 0 Å². The molecule has 7 nitrogen and oxygen atoms in total. The van der Waals surface area contributed by atoms with Crippen LogP contribution in [0.2, 0.25) is 0 Å². The molecule has 1 aromatic rings. The molecular formula is C23H37FN4O3S. The summed E-state index contributed by atoms with van der Waals surface area (Å²) in [5.41, 5.74) is 6.26. The normalized spacial score (nSPS) is 26.5. The zero-order valence-corrected chi connectivity index (χ0v) is 20.4. The molecule has 2 rings (SSSR count). The molecule has 0 radical (unpaired) electrons. The third-order valence-corrected chi connectivity index (χ3v) is 8.14. The number of alkyl halides is 1. The van der Waals surface area contributed by atoms with Gasteiger partial charge in [-0.3, -0.25) is 9.52 Å². The average Bonchev–Trinajstić information content (AvgIpc) is 3.13. The largest absolute Gasteiger partial charge is 0.384 e. The van der Waals surface area contributed by atoms with Crippen LogP contribution in [0.25, 0.3) is 0 Å². The van der Waals surface area contributed by atoms with E-state index in [2.05, 4.69) is 15.2 Å². The summed E-state index contributed by atoms with van der Waals surface area (Å²) in [7, 11) is 1.62. The number of nitrogens with zero attached hydrogens (tertiary/aromatic N) is 1. The molecule has 8 atom stereocenters. The molecular weight excluding hydrogens is 431 g/mol. The summed E-state index contributed by atoms with van der Waals surface area (Å²) in [6.07, 6.45) is -1.71.